The van der Waals surface area contributed by atoms with Gasteiger partial charge in [-0.05, 0) is 76.0 Å². The number of halogens is 1. The molecular weight excluding hydrogens is 579 g/mol. The van der Waals surface area contributed by atoms with E-state index in [1.165, 1.54) is 0 Å². The van der Waals surface area contributed by atoms with Gasteiger partial charge in [-0.15, -0.1) is 0 Å². The van der Waals surface area contributed by atoms with Crippen molar-refractivity contribution in [2.45, 2.75) is 51.2 Å². The van der Waals surface area contributed by atoms with E-state index in [1.54, 1.807) is 6.07 Å². The number of hydrogen-bond donors (Lipinski definition) is 1. The monoisotopic (exact) mass is 612 g/mol. The number of aromatic nitrogens is 4. The van der Waals surface area contributed by atoms with E-state index < -0.39 is 18.3 Å². The largest absolute Gasteiger partial charge is 0.494 e. The number of fused-ring (bicyclic) bond motifs is 1. The minimum absolute atomic E-state index is 0.111. The Balaban J connectivity index is 1.01. The van der Waals surface area contributed by atoms with Gasteiger partial charge in [-0.2, -0.15) is 5.26 Å². The summed E-state index contributed by atoms with van der Waals surface area (Å²) in [7, 11) is -0.539. The Labute approximate surface area is 261 Å². The van der Waals surface area contributed by atoms with E-state index >= 15 is 0 Å². The number of morpholine rings is 1. The molecule has 226 valence electrons. The number of benzene rings is 2. The summed E-state index contributed by atoms with van der Waals surface area (Å²) in [6, 6.07) is 16.0. The molecule has 10 nitrogen and oxygen atoms in total. The fraction of sp³-hybridized carbons (Fsp3) is 0.438. The summed E-state index contributed by atoms with van der Waals surface area (Å²) in [5.74, 6) is 2.21. The maximum Gasteiger partial charge on any atom is 0.494 e. The van der Waals surface area contributed by atoms with Crippen LogP contribution in [0, 0.1) is 17.2 Å². The minimum atomic E-state index is -0.539. The molecule has 2 aliphatic heterocycles. The second kappa shape index (κ2) is 11.0. The number of rotatable bonds is 7. The predicted octanol–water partition coefficient (Wildman–Crippen LogP) is 4.86. The van der Waals surface area contributed by atoms with Crippen LogP contribution in [-0.2, 0) is 14.0 Å². The molecule has 2 aromatic carbocycles. The van der Waals surface area contributed by atoms with Gasteiger partial charge in [0.25, 0.3) is 0 Å². The van der Waals surface area contributed by atoms with Crippen LogP contribution in [0.4, 0.5) is 5.69 Å². The number of H-pyrrole nitrogens is 1. The molecule has 4 aromatic rings. The number of anilines is 1. The highest BCUT2D eigenvalue weighted by Crippen LogP contribution is 2.47. The summed E-state index contributed by atoms with van der Waals surface area (Å²) < 4.78 is 23.9. The molecular formula is C32H34BClN6O4. The van der Waals surface area contributed by atoms with Crippen molar-refractivity contribution in [1.82, 2.24) is 19.9 Å². The number of nitrogens with zero attached hydrogens (tertiary/aromatic N) is 5. The molecule has 1 saturated carbocycles. The van der Waals surface area contributed by atoms with E-state index in [0.29, 0.717) is 45.9 Å². The van der Waals surface area contributed by atoms with Crippen LogP contribution in [-0.4, -0.2) is 71.2 Å². The average molecular weight is 613 g/mol. The van der Waals surface area contributed by atoms with Gasteiger partial charge < -0.3 is 28.7 Å². The lowest BCUT2D eigenvalue weighted by molar-refractivity contribution is 0.00578. The molecule has 12 heteroatoms. The first kappa shape index (κ1) is 29.0. The molecule has 2 unspecified atom stereocenters. The smallest absolute Gasteiger partial charge is 0.492 e. The predicted molar refractivity (Wildman–Crippen MR) is 168 cm³/mol. The van der Waals surface area contributed by atoms with E-state index in [-0.39, 0.29) is 11.8 Å². The van der Waals surface area contributed by atoms with Gasteiger partial charge in [0.15, 0.2) is 10.8 Å². The number of hydrogen-bond acceptors (Lipinski definition) is 9. The van der Waals surface area contributed by atoms with E-state index in [9.17, 15) is 5.26 Å². The zero-order chi connectivity index (χ0) is 30.6. The number of nitriles is 1. The third-order valence-corrected chi connectivity index (χ3v) is 9.47. The summed E-state index contributed by atoms with van der Waals surface area (Å²) in [5.41, 5.74) is 3.60. The van der Waals surface area contributed by atoms with Crippen molar-refractivity contribution in [2.75, 3.05) is 37.8 Å². The standard InChI is InChI=1S/C32H34BClN6O4/c1-31(2)32(3,4)44-33(43-31)22-7-10-25(20(15-22)17-35)42-18-21-16-24(21)29-37-27(34)26-30(39-29)38-28(36-26)19-5-8-23(9-6-19)40-11-13-41-14-12-40/h5-10,15,21,24H,11-14,16,18H2,1-4H3,(H,36,37,38,39). The van der Waals surface area contributed by atoms with Gasteiger partial charge in [0.2, 0.25) is 0 Å². The normalized spacial score (nSPS) is 22.3. The van der Waals surface area contributed by atoms with Gasteiger partial charge in [-0.25, -0.2) is 15.0 Å². The van der Waals surface area contributed by atoms with Gasteiger partial charge >= 0.3 is 7.12 Å². The van der Waals surface area contributed by atoms with Crippen molar-refractivity contribution in [3.63, 3.8) is 0 Å². The molecule has 1 aliphatic carbocycles. The van der Waals surface area contributed by atoms with Gasteiger partial charge in [0, 0.05) is 36.2 Å². The fourth-order valence-corrected chi connectivity index (χ4v) is 5.88. The maximum atomic E-state index is 9.83. The van der Waals surface area contributed by atoms with Crippen molar-refractivity contribution in [3.8, 4) is 23.2 Å². The molecule has 7 rings (SSSR count). The molecule has 2 saturated heterocycles. The lowest BCUT2D eigenvalue weighted by atomic mass is 9.78. The van der Waals surface area contributed by atoms with Crippen LogP contribution in [0.15, 0.2) is 42.5 Å². The summed E-state index contributed by atoms with van der Waals surface area (Å²) in [5, 5.41) is 10.2. The third-order valence-electron chi connectivity index (χ3n) is 9.20. The summed E-state index contributed by atoms with van der Waals surface area (Å²) in [6.07, 6.45) is 0.871. The number of aromatic amines is 1. The van der Waals surface area contributed by atoms with Crippen LogP contribution in [0.1, 0.15) is 51.4 Å². The minimum Gasteiger partial charge on any atom is -0.492 e. The summed E-state index contributed by atoms with van der Waals surface area (Å²) in [4.78, 5) is 19.7. The van der Waals surface area contributed by atoms with Crippen LogP contribution >= 0.6 is 11.6 Å². The highest BCUT2D eigenvalue weighted by Gasteiger charge is 2.51. The maximum absolute atomic E-state index is 9.83. The van der Waals surface area contributed by atoms with Gasteiger partial charge in [-0.1, -0.05) is 17.7 Å². The van der Waals surface area contributed by atoms with Crippen molar-refractivity contribution in [1.29, 1.82) is 5.26 Å². The van der Waals surface area contributed by atoms with E-state index in [4.69, 9.17) is 40.4 Å². The van der Waals surface area contributed by atoms with Crippen LogP contribution in [0.25, 0.3) is 22.6 Å². The summed E-state index contributed by atoms with van der Waals surface area (Å²) in [6.45, 7) is 11.7. The Hall–Kier alpha value is -3.69. The second-order valence-corrected chi connectivity index (χ2v) is 13.0. The van der Waals surface area contributed by atoms with E-state index in [1.807, 2.05) is 39.8 Å². The molecule has 2 atom stereocenters. The first-order chi connectivity index (χ1) is 21.1. The Morgan fingerprint density at radius 3 is 2.48 bits per heavy atom. The number of ether oxygens (including phenoxy) is 2. The quantitative estimate of drug-likeness (QED) is 0.230. The van der Waals surface area contributed by atoms with Crippen molar-refractivity contribution in [2.24, 2.45) is 5.92 Å². The highest BCUT2D eigenvalue weighted by molar-refractivity contribution is 6.62. The lowest BCUT2D eigenvalue weighted by Gasteiger charge is -2.32. The van der Waals surface area contributed by atoms with Gasteiger partial charge in [0.1, 0.15) is 29.0 Å². The second-order valence-electron chi connectivity index (χ2n) is 12.7. The molecule has 0 radical (unpaired) electrons. The SMILES string of the molecule is CC1(C)OB(c2ccc(OCC3CC3c3nc(Cl)c4[nH]c(-c5ccc(N6CCOCC6)cc5)nc4n3)c(C#N)c2)OC1(C)C. The molecule has 0 amide bonds. The molecule has 4 heterocycles. The Kier molecular flexibility index (Phi) is 7.29. The van der Waals surface area contributed by atoms with Gasteiger partial charge in [-0.3, -0.25) is 0 Å². The van der Waals surface area contributed by atoms with Crippen LogP contribution < -0.4 is 15.1 Å². The Morgan fingerprint density at radius 2 is 1.77 bits per heavy atom. The molecule has 44 heavy (non-hydrogen) atoms. The molecule has 0 bridgehead atoms. The Bertz CT molecular complexity index is 1730. The zero-order valence-electron chi connectivity index (χ0n) is 25.3. The number of imidazole rings is 1. The van der Waals surface area contributed by atoms with E-state index in [2.05, 4.69) is 45.2 Å². The first-order valence-electron chi connectivity index (χ1n) is 15.0. The fourth-order valence-electron chi connectivity index (χ4n) is 5.66. The molecule has 3 aliphatic rings. The topological polar surface area (TPSA) is 118 Å². The zero-order valence-corrected chi connectivity index (χ0v) is 26.0. The average Bonchev–Trinajstić information content (AvgIpc) is 3.60. The van der Waals surface area contributed by atoms with Crippen LogP contribution in [0.5, 0.6) is 5.75 Å². The summed E-state index contributed by atoms with van der Waals surface area (Å²) >= 11 is 6.60. The van der Waals surface area contributed by atoms with Gasteiger partial charge in [0.05, 0.1) is 36.6 Å². The molecule has 0 spiro atoms. The van der Waals surface area contributed by atoms with Crippen molar-refractivity contribution < 1.29 is 18.8 Å². The molecule has 2 aromatic heterocycles. The molecule has 1 N–H and O–H groups in total. The number of nitrogens with one attached hydrogen (secondary N) is 1. The molecule has 3 fully saturated rings. The van der Waals surface area contributed by atoms with Crippen molar-refractivity contribution >= 4 is 41.0 Å². The van der Waals surface area contributed by atoms with Crippen LogP contribution in [0.3, 0.4) is 0 Å². The lowest BCUT2D eigenvalue weighted by Crippen LogP contribution is -2.41. The third kappa shape index (κ3) is 5.41. The Morgan fingerprint density at radius 1 is 1.05 bits per heavy atom. The van der Waals surface area contributed by atoms with Crippen molar-refractivity contribution in [3.05, 3.63) is 59.0 Å². The van der Waals surface area contributed by atoms with E-state index in [0.717, 1.165) is 49.4 Å². The highest BCUT2D eigenvalue weighted by atomic mass is 35.5. The van der Waals surface area contributed by atoms with Crippen LogP contribution in [0.2, 0.25) is 5.15 Å². The first-order valence-corrected chi connectivity index (χ1v) is 15.4.